The largest absolute Gasteiger partial charge is 0.496 e. The minimum absolute atomic E-state index is 0.114. The lowest BCUT2D eigenvalue weighted by Crippen LogP contribution is -2.39. The van der Waals surface area contributed by atoms with Gasteiger partial charge in [0.15, 0.2) is 5.82 Å². The van der Waals surface area contributed by atoms with Crippen LogP contribution in [0, 0.1) is 11.3 Å². The van der Waals surface area contributed by atoms with Crippen molar-refractivity contribution in [2.24, 2.45) is 13.0 Å². The zero-order chi connectivity index (χ0) is 26.7. The van der Waals surface area contributed by atoms with Crippen LogP contribution in [0.3, 0.4) is 0 Å². The zero-order valence-corrected chi connectivity index (χ0v) is 22.1. The highest BCUT2D eigenvalue weighted by molar-refractivity contribution is 6.14. The van der Waals surface area contributed by atoms with Crippen molar-refractivity contribution in [3.05, 3.63) is 65.0 Å². The summed E-state index contributed by atoms with van der Waals surface area (Å²) in [6.45, 7) is 4.50. The molecule has 3 N–H and O–H groups in total. The van der Waals surface area contributed by atoms with Gasteiger partial charge < -0.3 is 20.1 Å². The third-order valence-electron chi connectivity index (χ3n) is 6.74. The highest BCUT2D eigenvalue weighted by Crippen LogP contribution is 2.31. The van der Waals surface area contributed by atoms with Crippen molar-refractivity contribution < 1.29 is 14.6 Å². The summed E-state index contributed by atoms with van der Waals surface area (Å²) in [6.07, 6.45) is 6.20. The topological polar surface area (TPSA) is 129 Å². The molecule has 1 saturated heterocycles. The van der Waals surface area contributed by atoms with Crippen LogP contribution in [0.2, 0.25) is 0 Å². The van der Waals surface area contributed by atoms with E-state index in [0.29, 0.717) is 47.3 Å². The SMILES string of the molecule is CNc1cc(OC)c(C(=O)N2CCC(Cc3ccn(C)n3)CC2)cc1C(=N)c1ccnc(C(C)(C)O)n1. The van der Waals surface area contributed by atoms with Crippen molar-refractivity contribution in [2.75, 3.05) is 32.6 Å². The van der Waals surface area contributed by atoms with Crippen LogP contribution in [0.4, 0.5) is 5.69 Å². The fourth-order valence-corrected chi connectivity index (χ4v) is 4.64. The first-order valence-electron chi connectivity index (χ1n) is 12.4. The van der Waals surface area contributed by atoms with Gasteiger partial charge in [-0.15, -0.1) is 0 Å². The van der Waals surface area contributed by atoms with Crippen LogP contribution in [0.1, 0.15) is 59.8 Å². The second-order valence-corrected chi connectivity index (χ2v) is 9.97. The van der Waals surface area contributed by atoms with E-state index in [9.17, 15) is 9.90 Å². The standard InChI is InChI=1S/C27H35N7O3/c1-27(2,36)26-30-10-6-21(31-26)24(28)19-15-20(23(37-5)16-22(19)29-3)25(35)34-12-7-17(8-13-34)14-18-9-11-33(4)32-18/h6,9-11,15-17,28-29,36H,7-8,12-14H2,1-5H3. The number of benzene rings is 1. The number of ether oxygens (including phenoxy) is 1. The first-order chi connectivity index (χ1) is 17.6. The van der Waals surface area contributed by atoms with Gasteiger partial charge in [0.05, 0.1) is 29.8 Å². The number of aromatic nitrogens is 4. The summed E-state index contributed by atoms with van der Waals surface area (Å²) in [5, 5.41) is 26.8. The van der Waals surface area contributed by atoms with Crippen molar-refractivity contribution in [2.45, 2.75) is 38.7 Å². The third-order valence-corrected chi connectivity index (χ3v) is 6.74. The molecule has 0 spiro atoms. The number of aliphatic hydroxyl groups is 1. The number of carbonyl (C=O) groups excluding carboxylic acids is 1. The Labute approximate surface area is 217 Å². The van der Waals surface area contributed by atoms with Crippen LogP contribution < -0.4 is 10.1 Å². The Morgan fingerprint density at radius 2 is 1.97 bits per heavy atom. The Hall–Kier alpha value is -3.79. The van der Waals surface area contributed by atoms with E-state index < -0.39 is 5.60 Å². The van der Waals surface area contributed by atoms with Gasteiger partial charge in [-0.05, 0) is 57.2 Å². The Morgan fingerprint density at radius 1 is 1.24 bits per heavy atom. The van der Waals surface area contributed by atoms with Gasteiger partial charge in [-0.25, -0.2) is 9.97 Å². The van der Waals surface area contributed by atoms with E-state index in [1.165, 1.54) is 13.3 Å². The lowest BCUT2D eigenvalue weighted by Gasteiger charge is -2.32. The second-order valence-electron chi connectivity index (χ2n) is 9.97. The maximum absolute atomic E-state index is 13.6. The highest BCUT2D eigenvalue weighted by Gasteiger charge is 2.28. The van der Waals surface area contributed by atoms with Gasteiger partial charge in [-0.2, -0.15) is 5.10 Å². The maximum atomic E-state index is 13.6. The number of aryl methyl sites for hydroxylation is 1. The van der Waals surface area contributed by atoms with Crippen molar-refractivity contribution in [3.8, 4) is 5.75 Å². The monoisotopic (exact) mass is 505 g/mol. The normalized spacial score (nSPS) is 14.5. The molecule has 0 bridgehead atoms. The fraction of sp³-hybridized carbons (Fsp3) is 0.444. The van der Waals surface area contributed by atoms with Gasteiger partial charge in [0.25, 0.3) is 5.91 Å². The molecule has 10 heteroatoms. The summed E-state index contributed by atoms with van der Waals surface area (Å²) in [5.41, 5.74) is 1.85. The van der Waals surface area contributed by atoms with Gasteiger partial charge in [0, 0.05) is 56.9 Å². The molecule has 1 aliphatic rings. The molecule has 4 rings (SSSR count). The molecule has 1 amide bonds. The van der Waals surface area contributed by atoms with Crippen molar-refractivity contribution in [3.63, 3.8) is 0 Å². The molecule has 1 aliphatic heterocycles. The molecule has 0 radical (unpaired) electrons. The number of rotatable bonds is 8. The molecule has 0 saturated carbocycles. The quantitative estimate of drug-likeness (QED) is 0.401. The lowest BCUT2D eigenvalue weighted by molar-refractivity contribution is 0.0680. The molecular weight excluding hydrogens is 470 g/mol. The maximum Gasteiger partial charge on any atom is 0.257 e. The van der Waals surface area contributed by atoms with Gasteiger partial charge in [0.1, 0.15) is 11.4 Å². The molecule has 37 heavy (non-hydrogen) atoms. The summed E-state index contributed by atoms with van der Waals surface area (Å²) in [4.78, 5) is 24.0. The molecular formula is C27H35N7O3. The second kappa shape index (κ2) is 10.7. The third kappa shape index (κ3) is 5.80. The van der Waals surface area contributed by atoms with E-state index in [0.717, 1.165) is 25.0 Å². The van der Waals surface area contributed by atoms with Gasteiger partial charge >= 0.3 is 0 Å². The zero-order valence-electron chi connectivity index (χ0n) is 22.1. The molecule has 196 valence electrons. The first-order valence-corrected chi connectivity index (χ1v) is 12.4. The van der Waals surface area contributed by atoms with Crippen LogP contribution in [0.15, 0.2) is 36.7 Å². The molecule has 1 fully saturated rings. The van der Waals surface area contributed by atoms with E-state index in [1.54, 1.807) is 39.1 Å². The van der Waals surface area contributed by atoms with E-state index in [1.807, 2.05) is 28.9 Å². The minimum Gasteiger partial charge on any atom is -0.496 e. The van der Waals surface area contributed by atoms with E-state index in [-0.39, 0.29) is 17.4 Å². The van der Waals surface area contributed by atoms with Crippen LogP contribution in [-0.2, 0) is 19.1 Å². The van der Waals surface area contributed by atoms with Gasteiger partial charge in [-0.3, -0.25) is 14.9 Å². The number of nitrogens with zero attached hydrogens (tertiary/aromatic N) is 5. The van der Waals surface area contributed by atoms with Crippen molar-refractivity contribution in [1.29, 1.82) is 5.41 Å². The smallest absolute Gasteiger partial charge is 0.257 e. The number of piperidine rings is 1. The molecule has 0 atom stereocenters. The number of hydrogen-bond donors (Lipinski definition) is 3. The van der Waals surface area contributed by atoms with E-state index >= 15 is 0 Å². The summed E-state index contributed by atoms with van der Waals surface area (Å²) in [5.74, 6) is 1.03. The lowest BCUT2D eigenvalue weighted by atomic mass is 9.91. The predicted octanol–water partition coefficient (Wildman–Crippen LogP) is 3.00. The van der Waals surface area contributed by atoms with Crippen LogP contribution in [0.25, 0.3) is 0 Å². The molecule has 0 aliphatic carbocycles. The number of carbonyl (C=O) groups is 1. The summed E-state index contributed by atoms with van der Waals surface area (Å²) in [7, 11) is 5.21. The number of likely N-dealkylation sites (tertiary alicyclic amines) is 1. The fourth-order valence-electron chi connectivity index (χ4n) is 4.64. The van der Waals surface area contributed by atoms with Crippen molar-refractivity contribution in [1.82, 2.24) is 24.6 Å². The number of amides is 1. The van der Waals surface area contributed by atoms with Gasteiger partial charge in [0.2, 0.25) is 0 Å². The molecule has 2 aromatic heterocycles. The Bertz CT molecular complexity index is 1290. The summed E-state index contributed by atoms with van der Waals surface area (Å²) >= 11 is 0. The van der Waals surface area contributed by atoms with Crippen LogP contribution >= 0.6 is 0 Å². The Kier molecular flexibility index (Phi) is 7.58. The average Bonchev–Trinajstić information content (AvgIpc) is 3.31. The minimum atomic E-state index is -1.24. The predicted molar refractivity (Wildman–Crippen MR) is 141 cm³/mol. The number of hydrogen-bond acceptors (Lipinski definition) is 8. The molecule has 3 aromatic rings. The summed E-state index contributed by atoms with van der Waals surface area (Å²) < 4.78 is 7.40. The number of nitrogens with one attached hydrogen (secondary N) is 2. The average molecular weight is 506 g/mol. The Morgan fingerprint density at radius 3 is 2.57 bits per heavy atom. The molecule has 1 aromatic carbocycles. The first kappa shape index (κ1) is 26.3. The van der Waals surface area contributed by atoms with Gasteiger partial charge in [-0.1, -0.05) is 0 Å². The van der Waals surface area contributed by atoms with Crippen LogP contribution in [0.5, 0.6) is 5.75 Å². The molecule has 10 nitrogen and oxygen atoms in total. The molecule has 3 heterocycles. The highest BCUT2D eigenvalue weighted by atomic mass is 16.5. The number of anilines is 1. The van der Waals surface area contributed by atoms with Crippen LogP contribution in [-0.4, -0.2) is 68.6 Å². The van der Waals surface area contributed by atoms with Crippen molar-refractivity contribution >= 4 is 17.3 Å². The molecule has 0 unspecified atom stereocenters. The Balaban J connectivity index is 1.57. The van der Waals surface area contributed by atoms with E-state index in [2.05, 4.69) is 20.4 Å². The number of methoxy groups -OCH3 is 1. The van der Waals surface area contributed by atoms with E-state index in [4.69, 9.17) is 10.1 Å². The summed E-state index contributed by atoms with van der Waals surface area (Å²) in [6, 6.07) is 7.10.